The van der Waals surface area contributed by atoms with Crippen LogP contribution in [-0.4, -0.2) is 7.05 Å². The van der Waals surface area contributed by atoms with E-state index in [-0.39, 0.29) is 0 Å². The van der Waals surface area contributed by atoms with E-state index in [1.165, 1.54) is 4.72 Å². The van der Waals surface area contributed by atoms with Crippen molar-refractivity contribution in [2.24, 2.45) is 0 Å². The third-order valence-electron chi connectivity index (χ3n) is 0.231. The molecule has 0 saturated carbocycles. The van der Waals surface area contributed by atoms with Crippen molar-refractivity contribution >= 4 is 11.4 Å². The Morgan fingerprint density at radius 1 is 1.33 bits per heavy atom. The largest absolute Gasteiger partial charge is 0.275 e. The molecule has 0 rings (SSSR count). The molecule has 0 aromatic rings. The highest BCUT2D eigenvalue weighted by Gasteiger charge is 2.14. The van der Waals surface area contributed by atoms with Gasteiger partial charge in [-0.1, -0.05) is 0 Å². The van der Waals surface area contributed by atoms with E-state index in [1.54, 1.807) is 0 Å². The molecule has 0 radical (unpaired) electrons. The van der Waals surface area contributed by atoms with Gasteiger partial charge in [0.05, 0.1) is 0 Å². The molecule has 0 spiro atoms. The summed E-state index contributed by atoms with van der Waals surface area (Å²) in [5, 5.41) is 0. The van der Waals surface area contributed by atoms with Gasteiger partial charge < -0.3 is 0 Å². The van der Waals surface area contributed by atoms with Crippen molar-refractivity contribution in [2.45, 2.75) is 0 Å². The van der Waals surface area contributed by atoms with Gasteiger partial charge in [-0.25, -0.2) is 4.72 Å². The van der Waals surface area contributed by atoms with E-state index in [9.17, 15) is 11.7 Å². The van der Waals surface area contributed by atoms with Crippen molar-refractivity contribution in [3.8, 4) is 0 Å². The lowest BCUT2D eigenvalue weighted by atomic mass is 11.6. The molecule has 0 aliphatic rings. The monoisotopic (exact) mass is 119 g/mol. The lowest BCUT2D eigenvalue weighted by Crippen LogP contribution is -1.99. The molecule has 0 aliphatic heterocycles. The average molecular weight is 119 g/mol. The molecular weight excluding hydrogens is 115 g/mol. The van der Waals surface area contributed by atoms with Gasteiger partial charge in [0, 0.05) is 0 Å². The fraction of sp³-hybridized carbons (Fsp3) is 1.00. The number of halogens is 3. The molecule has 0 aromatic carbocycles. The van der Waals surface area contributed by atoms with Crippen LogP contribution in [0.3, 0.4) is 0 Å². The van der Waals surface area contributed by atoms with Crippen LogP contribution >= 0.6 is 11.4 Å². The highest BCUT2D eigenvalue weighted by Crippen LogP contribution is 2.47. The molecule has 1 nitrogen and oxygen atoms in total. The lowest BCUT2D eigenvalue weighted by molar-refractivity contribution is 0.615. The summed E-state index contributed by atoms with van der Waals surface area (Å²) in [5.41, 5.74) is 0. The van der Waals surface area contributed by atoms with E-state index < -0.39 is 11.4 Å². The van der Waals surface area contributed by atoms with Gasteiger partial charge in [-0.05, 0) is 7.05 Å². The number of rotatable bonds is 1. The summed E-state index contributed by atoms with van der Waals surface area (Å²) in [6.07, 6.45) is 0. The Labute approximate surface area is 35.9 Å². The van der Waals surface area contributed by atoms with E-state index in [2.05, 4.69) is 0 Å². The molecule has 0 bridgehead atoms. The van der Waals surface area contributed by atoms with Crippen molar-refractivity contribution in [1.29, 1.82) is 0 Å². The van der Waals surface area contributed by atoms with Crippen LogP contribution < -0.4 is 4.72 Å². The molecule has 0 atom stereocenters. The van der Waals surface area contributed by atoms with Crippen LogP contribution in [0.15, 0.2) is 0 Å². The third kappa shape index (κ3) is 4.10. The van der Waals surface area contributed by atoms with E-state index in [0.29, 0.717) is 0 Å². The molecule has 1 N–H and O–H groups in total. The summed E-state index contributed by atoms with van der Waals surface area (Å²) >= 11 is -4.91. The van der Waals surface area contributed by atoms with Gasteiger partial charge in [-0.2, -0.15) is 0 Å². The molecule has 0 fully saturated rings. The summed E-state index contributed by atoms with van der Waals surface area (Å²) in [7, 11) is 0.870. The highest BCUT2D eigenvalue weighted by molar-refractivity contribution is 8.19. The third-order valence-corrected chi connectivity index (χ3v) is 0.694. The molecular formula is CH4F3NS. The first-order valence-corrected chi connectivity index (χ1v) is 2.50. The van der Waals surface area contributed by atoms with E-state index in [4.69, 9.17) is 0 Å². The first kappa shape index (κ1) is 6.10. The summed E-state index contributed by atoms with van der Waals surface area (Å²) < 4.78 is 33.5. The molecule has 0 aromatic heterocycles. The first-order valence-electron chi connectivity index (χ1n) is 1.17. The minimum atomic E-state index is -4.91. The summed E-state index contributed by atoms with van der Waals surface area (Å²) in [6.45, 7) is 0. The Morgan fingerprint density at radius 3 is 1.50 bits per heavy atom. The van der Waals surface area contributed by atoms with E-state index in [0.717, 1.165) is 7.05 Å². The second kappa shape index (κ2) is 1.70. The zero-order valence-electron chi connectivity index (χ0n) is 3.04. The lowest BCUT2D eigenvalue weighted by Gasteiger charge is -2.03. The molecule has 0 amide bonds. The molecule has 0 aliphatic carbocycles. The van der Waals surface area contributed by atoms with E-state index in [1.807, 2.05) is 0 Å². The molecule has 0 heterocycles. The van der Waals surface area contributed by atoms with Crippen LogP contribution in [0.25, 0.3) is 0 Å². The summed E-state index contributed by atoms with van der Waals surface area (Å²) in [4.78, 5) is 0. The van der Waals surface area contributed by atoms with Gasteiger partial charge in [0.15, 0.2) is 0 Å². The van der Waals surface area contributed by atoms with Gasteiger partial charge in [0.1, 0.15) is 0 Å². The first-order chi connectivity index (χ1) is 2.56. The second-order valence-corrected chi connectivity index (χ2v) is 1.83. The summed E-state index contributed by atoms with van der Waals surface area (Å²) in [5.74, 6) is 0. The quantitative estimate of drug-likeness (QED) is 0.552. The van der Waals surface area contributed by atoms with Crippen molar-refractivity contribution in [3.63, 3.8) is 0 Å². The highest BCUT2D eigenvalue weighted by atomic mass is 32.3. The zero-order chi connectivity index (χ0) is 5.21. The maximum absolute atomic E-state index is 10.8. The van der Waals surface area contributed by atoms with Gasteiger partial charge in [0.2, 0.25) is 0 Å². The smallest absolute Gasteiger partial charge is 0.209 e. The van der Waals surface area contributed by atoms with Crippen LogP contribution in [-0.2, 0) is 0 Å². The van der Waals surface area contributed by atoms with Crippen LogP contribution in [0.2, 0.25) is 0 Å². The number of nitrogens with one attached hydrogen (secondary N) is 1. The fourth-order valence-electron chi connectivity index (χ4n) is 0. The second-order valence-electron chi connectivity index (χ2n) is 0.611. The van der Waals surface area contributed by atoms with Crippen molar-refractivity contribution in [3.05, 3.63) is 0 Å². The topological polar surface area (TPSA) is 12.0 Å². The Hall–Kier alpha value is 0.100. The van der Waals surface area contributed by atoms with Gasteiger partial charge in [-0.15, -0.1) is 11.7 Å². The molecule has 0 unspecified atom stereocenters. The predicted molar refractivity (Wildman–Crippen MR) is 20.0 cm³/mol. The predicted octanol–water partition coefficient (Wildman–Crippen LogP) is 1.58. The fourth-order valence-corrected chi connectivity index (χ4v) is 0. The van der Waals surface area contributed by atoms with Gasteiger partial charge in [0.25, 0.3) is 11.4 Å². The molecule has 6 heavy (non-hydrogen) atoms. The Kier molecular flexibility index (Phi) is 1.73. The standard InChI is InChI=1S/CH4F3NS/c1-5-6(2,3)4/h5H,1H3. The maximum atomic E-state index is 10.8. The van der Waals surface area contributed by atoms with Crippen LogP contribution in [0.4, 0.5) is 11.7 Å². The SMILES string of the molecule is CNS(F)(F)F. The van der Waals surface area contributed by atoms with E-state index >= 15 is 0 Å². The number of hydrogen-bond acceptors (Lipinski definition) is 1. The number of hydrogen-bond donors (Lipinski definition) is 1. The Balaban J connectivity index is 3.17. The minimum absolute atomic E-state index is 0.870. The Morgan fingerprint density at radius 2 is 1.50 bits per heavy atom. The molecule has 0 saturated heterocycles. The molecule has 5 heteroatoms. The molecule has 40 valence electrons. The van der Waals surface area contributed by atoms with Crippen LogP contribution in [0.1, 0.15) is 0 Å². The van der Waals surface area contributed by atoms with Gasteiger partial charge in [-0.3, -0.25) is 0 Å². The van der Waals surface area contributed by atoms with Gasteiger partial charge >= 0.3 is 0 Å². The van der Waals surface area contributed by atoms with Crippen LogP contribution in [0.5, 0.6) is 0 Å². The minimum Gasteiger partial charge on any atom is -0.209 e. The van der Waals surface area contributed by atoms with Crippen molar-refractivity contribution < 1.29 is 11.7 Å². The van der Waals surface area contributed by atoms with Crippen LogP contribution in [0, 0.1) is 0 Å². The Bertz CT molecular complexity index is 40.5. The van der Waals surface area contributed by atoms with Crippen molar-refractivity contribution in [1.82, 2.24) is 4.72 Å². The van der Waals surface area contributed by atoms with Crippen molar-refractivity contribution in [2.75, 3.05) is 7.05 Å². The average Bonchev–Trinajstić information content (AvgIpc) is 1.35. The summed E-state index contributed by atoms with van der Waals surface area (Å²) in [6, 6.07) is 0. The normalized spacial score (nSPS) is 14.7. The maximum Gasteiger partial charge on any atom is 0.275 e. The zero-order valence-corrected chi connectivity index (χ0v) is 3.86.